The Morgan fingerprint density at radius 3 is 2.68 bits per heavy atom. The van der Waals surface area contributed by atoms with E-state index >= 15 is 0 Å². The van der Waals surface area contributed by atoms with Crippen molar-refractivity contribution in [2.75, 3.05) is 19.5 Å². The minimum absolute atomic E-state index is 0.147. The van der Waals surface area contributed by atoms with Crippen molar-refractivity contribution in [2.24, 2.45) is 0 Å². The normalized spacial score (nSPS) is 12.1. The monoisotopic (exact) mass is 441 g/mol. The van der Waals surface area contributed by atoms with Crippen LogP contribution < -0.4 is 14.8 Å². The summed E-state index contributed by atoms with van der Waals surface area (Å²) < 4.78 is 25.0. The molecule has 2 heterocycles. The number of hydrogen-bond acceptors (Lipinski definition) is 6. The van der Waals surface area contributed by atoms with Gasteiger partial charge in [0.1, 0.15) is 17.6 Å². The molecule has 7 nitrogen and oxygen atoms in total. The van der Waals surface area contributed by atoms with Gasteiger partial charge in [0.05, 0.1) is 26.6 Å². The van der Waals surface area contributed by atoms with Crippen LogP contribution in [0.4, 0.5) is 10.2 Å². The molecular weight excluding hydrogens is 421 g/mol. The number of nitrogens with zero attached hydrogens (tertiary/aromatic N) is 3. The molecule has 160 valence electrons. The van der Waals surface area contributed by atoms with E-state index in [-0.39, 0.29) is 11.8 Å². The number of nitrogens with one attached hydrogen (secondary N) is 2. The molecule has 2 aromatic carbocycles. The second-order valence-electron chi connectivity index (χ2n) is 7.02. The second kappa shape index (κ2) is 8.39. The van der Waals surface area contributed by atoms with Crippen molar-refractivity contribution in [3.63, 3.8) is 0 Å². The van der Waals surface area contributed by atoms with Gasteiger partial charge in [0.15, 0.2) is 23.0 Å². The maximum atomic E-state index is 14.0. The van der Waals surface area contributed by atoms with Gasteiger partial charge in [0.25, 0.3) is 0 Å². The van der Waals surface area contributed by atoms with E-state index in [4.69, 9.17) is 21.1 Å². The summed E-state index contributed by atoms with van der Waals surface area (Å²) in [5.74, 6) is 0.922. The fraction of sp³-hybridized carbons (Fsp3) is 0.227. The van der Waals surface area contributed by atoms with Gasteiger partial charge >= 0.3 is 0 Å². The third-order valence-electron chi connectivity index (χ3n) is 5.19. The quantitative estimate of drug-likeness (QED) is 0.421. The van der Waals surface area contributed by atoms with Crippen LogP contribution in [0.2, 0.25) is 5.02 Å². The van der Waals surface area contributed by atoms with Crippen LogP contribution in [0, 0.1) is 12.7 Å². The lowest BCUT2D eigenvalue weighted by Gasteiger charge is -2.23. The molecule has 1 atom stereocenters. The number of benzene rings is 2. The number of hydrogen-bond donors (Lipinski definition) is 2. The van der Waals surface area contributed by atoms with Crippen LogP contribution in [0.5, 0.6) is 11.5 Å². The van der Waals surface area contributed by atoms with E-state index in [9.17, 15) is 4.39 Å². The predicted molar refractivity (Wildman–Crippen MR) is 118 cm³/mol. The Kier molecular flexibility index (Phi) is 5.65. The van der Waals surface area contributed by atoms with Crippen molar-refractivity contribution in [3.05, 3.63) is 58.9 Å². The summed E-state index contributed by atoms with van der Waals surface area (Å²) in [5.41, 5.74) is 4.41. The number of methoxy groups -OCH3 is 2. The van der Waals surface area contributed by atoms with E-state index in [1.807, 2.05) is 19.9 Å². The molecule has 4 rings (SSSR count). The average molecular weight is 442 g/mol. The average Bonchev–Trinajstić information content (AvgIpc) is 3.25. The van der Waals surface area contributed by atoms with Crippen molar-refractivity contribution in [1.29, 1.82) is 0 Å². The van der Waals surface area contributed by atoms with Gasteiger partial charge in [-0.3, -0.25) is 0 Å². The molecule has 0 aliphatic heterocycles. The predicted octanol–water partition coefficient (Wildman–Crippen LogP) is 5.31. The van der Waals surface area contributed by atoms with E-state index in [0.29, 0.717) is 27.8 Å². The zero-order chi connectivity index (χ0) is 22.1. The number of H-pyrrole nitrogens is 1. The summed E-state index contributed by atoms with van der Waals surface area (Å²) in [4.78, 5) is 15.7. The van der Waals surface area contributed by atoms with Gasteiger partial charge < -0.3 is 19.8 Å². The molecule has 31 heavy (non-hydrogen) atoms. The van der Waals surface area contributed by atoms with Gasteiger partial charge in [-0.15, -0.1) is 0 Å². The van der Waals surface area contributed by atoms with Gasteiger partial charge in [-0.1, -0.05) is 17.7 Å². The molecule has 1 unspecified atom stereocenters. The topological polar surface area (TPSA) is 85.0 Å². The largest absolute Gasteiger partial charge is 0.496 e. The lowest BCUT2D eigenvalue weighted by molar-refractivity contribution is 0.386. The smallest absolute Gasteiger partial charge is 0.165 e. The fourth-order valence-electron chi connectivity index (χ4n) is 3.60. The highest BCUT2D eigenvalue weighted by Gasteiger charge is 2.22. The molecule has 2 N–H and O–H groups in total. The summed E-state index contributed by atoms with van der Waals surface area (Å²) in [6, 6.07) is 6.31. The molecule has 0 fully saturated rings. The van der Waals surface area contributed by atoms with Crippen LogP contribution in [0.25, 0.3) is 22.3 Å². The summed E-state index contributed by atoms with van der Waals surface area (Å²) in [6.07, 6.45) is 3.03. The van der Waals surface area contributed by atoms with E-state index in [1.165, 1.54) is 19.5 Å². The van der Waals surface area contributed by atoms with Gasteiger partial charge in [-0.05, 0) is 43.2 Å². The Bertz CT molecular complexity index is 1260. The zero-order valence-electron chi connectivity index (χ0n) is 17.5. The molecule has 0 saturated heterocycles. The van der Waals surface area contributed by atoms with Crippen molar-refractivity contribution < 1.29 is 13.9 Å². The molecule has 0 amide bonds. The third-order valence-corrected chi connectivity index (χ3v) is 5.58. The number of aromatic nitrogens is 4. The zero-order valence-corrected chi connectivity index (χ0v) is 18.2. The highest BCUT2D eigenvalue weighted by atomic mass is 35.5. The first-order chi connectivity index (χ1) is 14.9. The molecular formula is C22H21ClFN5O2. The van der Waals surface area contributed by atoms with Gasteiger partial charge in [-0.25, -0.2) is 19.3 Å². The van der Waals surface area contributed by atoms with Crippen molar-refractivity contribution in [3.8, 4) is 22.6 Å². The van der Waals surface area contributed by atoms with Crippen LogP contribution >= 0.6 is 11.6 Å². The lowest BCUT2D eigenvalue weighted by Crippen LogP contribution is -2.11. The molecule has 4 aromatic rings. The number of fused-ring (bicyclic) bond motifs is 1. The molecule has 0 radical (unpaired) electrons. The summed E-state index contributed by atoms with van der Waals surface area (Å²) >= 11 is 6.60. The van der Waals surface area contributed by atoms with Crippen molar-refractivity contribution in [1.82, 2.24) is 19.9 Å². The van der Waals surface area contributed by atoms with Crippen LogP contribution in [0.1, 0.15) is 24.1 Å². The maximum Gasteiger partial charge on any atom is 0.165 e. The van der Waals surface area contributed by atoms with E-state index < -0.39 is 5.82 Å². The Morgan fingerprint density at radius 1 is 1.13 bits per heavy atom. The SMILES string of the molecule is COc1cc(-c2c(C)c(Cl)cc(C(C)Nc3ncnc4[nH]cnc34)c2OC)ccc1F. The molecule has 0 aliphatic carbocycles. The van der Waals surface area contributed by atoms with Crippen molar-refractivity contribution in [2.45, 2.75) is 19.9 Å². The van der Waals surface area contributed by atoms with Gasteiger partial charge in [0.2, 0.25) is 0 Å². The maximum absolute atomic E-state index is 14.0. The number of imidazole rings is 1. The van der Waals surface area contributed by atoms with Crippen LogP contribution in [-0.2, 0) is 0 Å². The Balaban J connectivity index is 1.82. The van der Waals surface area contributed by atoms with Gasteiger partial charge in [-0.2, -0.15) is 0 Å². The first-order valence-corrected chi connectivity index (χ1v) is 9.93. The van der Waals surface area contributed by atoms with Crippen LogP contribution in [0.15, 0.2) is 36.9 Å². The molecule has 0 bridgehead atoms. The lowest BCUT2D eigenvalue weighted by atomic mass is 9.93. The minimum Gasteiger partial charge on any atom is -0.496 e. The number of anilines is 1. The Morgan fingerprint density at radius 2 is 1.94 bits per heavy atom. The summed E-state index contributed by atoms with van der Waals surface area (Å²) in [6.45, 7) is 3.87. The highest BCUT2D eigenvalue weighted by molar-refractivity contribution is 6.32. The number of ether oxygens (including phenoxy) is 2. The molecule has 0 spiro atoms. The summed E-state index contributed by atoms with van der Waals surface area (Å²) in [5, 5.41) is 3.93. The van der Waals surface area contributed by atoms with Crippen LogP contribution in [0.3, 0.4) is 0 Å². The molecule has 9 heteroatoms. The highest BCUT2D eigenvalue weighted by Crippen LogP contribution is 2.43. The van der Waals surface area contributed by atoms with Crippen molar-refractivity contribution >= 4 is 28.6 Å². The first kappa shape index (κ1) is 20.9. The Labute approximate surface area is 183 Å². The molecule has 0 aliphatic rings. The van der Waals surface area contributed by atoms with E-state index in [0.717, 1.165) is 22.3 Å². The number of rotatable bonds is 6. The third kappa shape index (κ3) is 3.74. The molecule has 0 saturated carbocycles. The fourth-order valence-corrected chi connectivity index (χ4v) is 3.81. The minimum atomic E-state index is -0.438. The van der Waals surface area contributed by atoms with Crippen LogP contribution in [-0.4, -0.2) is 34.2 Å². The molecule has 2 aromatic heterocycles. The number of halogens is 2. The van der Waals surface area contributed by atoms with E-state index in [2.05, 4.69) is 25.3 Å². The second-order valence-corrected chi connectivity index (χ2v) is 7.43. The standard InChI is InChI=1S/C22H21ClFN5O2/c1-11-15(23)8-14(12(2)29-22-19-21(26-9-25-19)27-10-28-22)20(31-4)18(11)13-5-6-16(24)17(7-13)30-3/h5-10,12H,1-4H3,(H2,25,26,27,28,29). The first-order valence-electron chi connectivity index (χ1n) is 9.56. The van der Waals surface area contributed by atoms with Gasteiger partial charge in [0, 0.05) is 16.1 Å². The summed E-state index contributed by atoms with van der Waals surface area (Å²) in [7, 11) is 3.03. The Hall–Kier alpha value is -3.39. The number of aromatic amines is 1. The van der Waals surface area contributed by atoms with E-state index in [1.54, 1.807) is 25.6 Å².